The Kier molecular flexibility index (Phi) is 7.22. The summed E-state index contributed by atoms with van der Waals surface area (Å²) in [6.07, 6.45) is 1.57. The van der Waals surface area contributed by atoms with Crippen molar-refractivity contribution in [2.45, 2.75) is 19.4 Å². The van der Waals surface area contributed by atoms with Gasteiger partial charge in [-0.05, 0) is 54.8 Å². The second kappa shape index (κ2) is 11.0. The Balaban J connectivity index is 1.26. The number of hydrogen-bond acceptors (Lipinski definition) is 5. The molecule has 0 bridgehead atoms. The molecule has 0 unspecified atom stereocenters. The third kappa shape index (κ3) is 5.23. The van der Waals surface area contributed by atoms with Crippen LogP contribution in [0.15, 0.2) is 97.1 Å². The molecule has 6 heteroatoms. The molecule has 0 radical (unpaired) electrons. The van der Waals surface area contributed by atoms with Gasteiger partial charge >= 0.3 is 0 Å². The summed E-state index contributed by atoms with van der Waals surface area (Å²) in [6.45, 7) is 2.11. The Bertz CT molecular complexity index is 1270. The van der Waals surface area contributed by atoms with Gasteiger partial charge in [0.25, 0.3) is 0 Å². The van der Waals surface area contributed by atoms with E-state index in [4.69, 9.17) is 4.74 Å². The van der Waals surface area contributed by atoms with Gasteiger partial charge in [0.05, 0.1) is 19.3 Å². The third-order valence-corrected chi connectivity index (χ3v) is 6.72. The number of ether oxygens (including phenoxy) is 1. The van der Waals surface area contributed by atoms with Crippen LogP contribution in [0.4, 0.5) is 11.5 Å². The molecule has 182 valence electrons. The quantitative estimate of drug-likeness (QED) is 0.346. The van der Waals surface area contributed by atoms with Crippen LogP contribution in [-0.4, -0.2) is 36.3 Å². The fourth-order valence-electron chi connectivity index (χ4n) is 4.74. The van der Waals surface area contributed by atoms with E-state index in [0.717, 1.165) is 60.0 Å². The van der Waals surface area contributed by atoms with Crippen LogP contribution in [0.3, 0.4) is 0 Å². The summed E-state index contributed by atoms with van der Waals surface area (Å²) in [7, 11) is 1.66. The van der Waals surface area contributed by atoms with Crippen molar-refractivity contribution in [1.29, 1.82) is 0 Å². The number of hydrogen-bond donors (Lipinski definition) is 0. The van der Waals surface area contributed by atoms with Gasteiger partial charge in [0.15, 0.2) is 5.82 Å². The number of methoxy groups -OCH3 is 1. The maximum absolute atomic E-state index is 13.7. The highest BCUT2D eigenvalue weighted by Gasteiger charge is 2.30. The van der Waals surface area contributed by atoms with Gasteiger partial charge in [0.1, 0.15) is 5.75 Å². The molecular weight excluding hydrogens is 448 g/mol. The molecule has 2 heterocycles. The van der Waals surface area contributed by atoms with Gasteiger partial charge in [-0.2, -0.15) is 0 Å². The molecule has 1 saturated heterocycles. The molecular formula is C30H30N4O2. The van der Waals surface area contributed by atoms with Crippen LogP contribution in [0, 0.1) is 5.92 Å². The second-order valence-electron chi connectivity index (χ2n) is 8.98. The lowest BCUT2D eigenvalue weighted by atomic mass is 9.94. The summed E-state index contributed by atoms with van der Waals surface area (Å²) >= 11 is 0. The average molecular weight is 479 g/mol. The molecule has 0 saturated carbocycles. The van der Waals surface area contributed by atoms with Crippen molar-refractivity contribution < 1.29 is 9.53 Å². The number of piperidine rings is 1. The largest absolute Gasteiger partial charge is 0.496 e. The number of carbonyl (C=O) groups excluding carboxylic acids is 1. The molecule has 1 aliphatic heterocycles. The number of amides is 1. The zero-order valence-corrected chi connectivity index (χ0v) is 20.5. The van der Waals surface area contributed by atoms with Crippen molar-refractivity contribution in [3.8, 4) is 17.0 Å². The van der Waals surface area contributed by atoms with Crippen LogP contribution >= 0.6 is 0 Å². The fourth-order valence-corrected chi connectivity index (χ4v) is 4.74. The lowest BCUT2D eigenvalue weighted by molar-refractivity contribution is -0.123. The first kappa shape index (κ1) is 23.5. The minimum absolute atomic E-state index is 0.0222. The molecule has 3 aromatic carbocycles. The predicted molar refractivity (Wildman–Crippen MR) is 143 cm³/mol. The molecule has 1 amide bonds. The SMILES string of the molecule is COc1ccccc1-c1ccc(N2CCC(C(=O)N(Cc3ccccc3)c3ccccc3)CC2)nn1. The number of nitrogens with zero attached hydrogens (tertiary/aromatic N) is 4. The van der Waals surface area contributed by atoms with E-state index in [2.05, 4.69) is 27.2 Å². The molecule has 1 fully saturated rings. The smallest absolute Gasteiger partial charge is 0.230 e. The Hall–Kier alpha value is -4.19. The lowest BCUT2D eigenvalue weighted by Crippen LogP contribution is -2.42. The van der Waals surface area contributed by atoms with E-state index in [0.29, 0.717) is 6.54 Å². The van der Waals surface area contributed by atoms with E-state index in [9.17, 15) is 4.79 Å². The highest BCUT2D eigenvalue weighted by molar-refractivity contribution is 5.95. The Morgan fingerprint density at radius 3 is 2.19 bits per heavy atom. The number of rotatable bonds is 7. The van der Waals surface area contributed by atoms with Crippen molar-refractivity contribution in [2.75, 3.05) is 30.0 Å². The van der Waals surface area contributed by atoms with Crippen LogP contribution in [-0.2, 0) is 11.3 Å². The first-order valence-corrected chi connectivity index (χ1v) is 12.4. The number of carbonyl (C=O) groups is 1. The fraction of sp³-hybridized carbons (Fsp3) is 0.233. The van der Waals surface area contributed by atoms with Gasteiger partial charge in [0.2, 0.25) is 5.91 Å². The average Bonchev–Trinajstić information content (AvgIpc) is 2.97. The van der Waals surface area contributed by atoms with Crippen molar-refractivity contribution in [2.24, 2.45) is 5.92 Å². The summed E-state index contributed by atoms with van der Waals surface area (Å²) in [5, 5.41) is 8.94. The van der Waals surface area contributed by atoms with Crippen LogP contribution in [0.5, 0.6) is 5.75 Å². The van der Waals surface area contributed by atoms with Crippen molar-refractivity contribution >= 4 is 17.4 Å². The van der Waals surface area contributed by atoms with E-state index in [-0.39, 0.29) is 11.8 Å². The molecule has 0 N–H and O–H groups in total. The van der Waals surface area contributed by atoms with Crippen LogP contribution in [0.25, 0.3) is 11.3 Å². The second-order valence-corrected chi connectivity index (χ2v) is 8.98. The lowest BCUT2D eigenvalue weighted by Gasteiger charge is -2.34. The van der Waals surface area contributed by atoms with Crippen LogP contribution in [0.1, 0.15) is 18.4 Å². The molecule has 36 heavy (non-hydrogen) atoms. The van der Waals surface area contributed by atoms with E-state index in [1.165, 1.54) is 0 Å². The molecule has 0 atom stereocenters. The molecule has 1 aliphatic rings. The number of benzene rings is 3. The van der Waals surface area contributed by atoms with Crippen LogP contribution in [0.2, 0.25) is 0 Å². The standard InChI is InChI=1S/C30H30N4O2/c1-36-28-15-9-8-14-26(28)27-16-17-29(32-31-27)33-20-18-24(19-21-33)30(35)34(25-12-6-3-7-13-25)22-23-10-4-2-5-11-23/h2-17,24H,18-22H2,1H3. The molecule has 6 nitrogen and oxygen atoms in total. The zero-order chi connectivity index (χ0) is 24.7. The minimum Gasteiger partial charge on any atom is -0.496 e. The van der Waals surface area contributed by atoms with E-state index >= 15 is 0 Å². The first-order valence-electron chi connectivity index (χ1n) is 12.4. The van der Waals surface area contributed by atoms with Crippen molar-refractivity contribution in [1.82, 2.24) is 10.2 Å². The molecule has 0 aliphatic carbocycles. The highest BCUT2D eigenvalue weighted by atomic mass is 16.5. The number of anilines is 2. The maximum atomic E-state index is 13.7. The van der Waals surface area contributed by atoms with E-state index in [1.807, 2.05) is 89.8 Å². The molecule has 1 aromatic heterocycles. The zero-order valence-electron chi connectivity index (χ0n) is 20.5. The summed E-state index contributed by atoms with van der Waals surface area (Å²) in [5.41, 5.74) is 3.76. The summed E-state index contributed by atoms with van der Waals surface area (Å²) in [5.74, 6) is 1.77. The van der Waals surface area contributed by atoms with Crippen LogP contribution < -0.4 is 14.5 Å². The summed E-state index contributed by atoms with van der Waals surface area (Å²) in [6, 6.07) is 31.9. The predicted octanol–water partition coefficient (Wildman–Crippen LogP) is 5.60. The molecule has 0 spiro atoms. The van der Waals surface area contributed by atoms with Gasteiger partial charge in [-0.15, -0.1) is 10.2 Å². The van der Waals surface area contributed by atoms with Gasteiger partial charge < -0.3 is 14.5 Å². The van der Waals surface area contributed by atoms with Gasteiger partial charge in [0, 0.05) is 30.3 Å². The van der Waals surface area contributed by atoms with Gasteiger partial charge in [-0.25, -0.2) is 0 Å². The topological polar surface area (TPSA) is 58.6 Å². The van der Waals surface area contributed by atoms with E-state index in [1.54, 1.807) is 7.11 Å². The normalized spacial score (nSPS) is 13.9. The first-order chi connectivity index (χ1) is 17.7. The minimum atomic E-state index is -0.0222. The van der Waals surface area contributed by atoms with Gasteiger partial charge in [-0.1, -0.05) is 60.7 Å². The third-order valence-electron chi connectivity index (χ3n) is 6.72. The molecule has 4 aromatic rings. The van der Waals surface area contributed by atoms with E-state index < -0.39 is 0 Å². The van der Waals surface area contributed by atoms with Crippen molar-refractivity contribution in [3.63, 3.8) is 0 Å². The monoisotopic (exact) mass is 478 g/mol. The summed E-state index contributed by atoms with van der Waals surface area (Å²) < 4.78 is 5.46. The Labute approximate surface area is 212 Å². The number of aromatic nitrogens is 2. The van der Waals surface area contributed by atoms with Crippen molar-refractivity contribution in [3.05, 3.63) is 103 Å². The Morgan fingerprint density at radius 2 is 1.53 bits per heavy atom. The summed E-state index contributed by atoms with van der Waals surface area (Å²) in [4.78, 5) is 17.8. The maximum Gasteiger partial charge on any atom is 0.230 e. The molecule has 5 rings (SSSR count). The highest BCUT2D eigenvalue weighted by Crippen LogP contribution is 2.30. The Morgan fingerprint density at radius 1 is 0.861 bits per heavy atom. The number of para-hydroxylation sites is 2. The van der Waals surface area contributed by atoms with Gasteiger partial charge in [-0.3, -0.25) is 4.79 Å².